The van der Waals surface area contributed by atoms with Crippen molar-refractivity contribution in [2.24, 2.45) is 0 Å². The molecule has 0 spiro atoms. The van der Waals surface area contributed by atoms with Crippen LogP contribution in [0.5, 0.6) is 0 Å². The van der Waals surface area contributed by atoms with Crippen LogP contribution in [0.4, 0.5) is 0 Å². The molecular formula is C26H22N2O3. The number of aryl methyl sites for hydroxylation is 2. The molecular weight excluding hydrogens is 388 g/mol. The Morgan fingerprint density at radius 2 is 1.06 bits per heavy atom. The maximum Gasteiger partial charge on any atom is 0.347 e. The zero-order valence-corrected chi connectivity index (χ0v) is 17.1. The molecule has 6 rings (SSSR count). The van der Waals surface area contributed by atoms with E-state index in [1.807, 2.05) is 48.8 Å². The topological polar surface area (TPSA) is 53.2 Å². The van der Waals surface area contributed by atoms with Crippen molar-refractivity contribution < 1.29 is 14.3 Å². The Morgan fingerprint density at radius 1 is 0.613 bits per heavy atom. The molecule has 0 fully saturated rings. The highest BCUT2D eigenvalue weighted by Crippen LogP contribution is 2.41. The van der Waals surface area contributed by atoms with Crippen LogP contribution in [0.2, 0.25) is 0 Å². The third kappa shape index (κ3) is 2.76. The predicted molar refractivity (Wildman–Crippen MR) is 120 cm³/mol. The number of carbonyl (C=O) groups excluding carboxylic acids is 2. The van der Waals surface area contributed by atoms with Crippen LogP contribution >= 0.6 is 0 Å². The summed E-state index contributed by atoms with van der Waals surface area (Å²) in [4.78, 5) is 25.9. The third-order valence-electron chi connectivity index (χ3n) is 6.51. The van der Waals surface area contributed by atoms with E-state index in [4.69, 9.17) is 4.74 Å². The zero-order valence-electron chi connectivity index (χ0n) is 17.1. The van der Waals surface area contributed by atoms with Gasteiger partial charge in [-0.3, -0.25) is 0 Å². The lowest BCUT2D eigenvalue weighted by molar-refractivity contribution is -0.149. The van der Waals surface area contributed by atoms with Crippen molar-refractivity contribution in [3.8, 4) is 0 Å². The lowest BCUT2D eigenvalue weighted by Crippen LogP contribution is -2.02. The van der Waals surface area contributed by atoms with E-state index in [-0.39, 0.29) is 0 Å². The predicted octanol–water partition coefficient (Wildman–Crippen LogP) is 5.16. The average molecular weight is 410 g/mol. The fourth-order valence-electron chi connectivity index (χ4n) is 5.06. The average Bonchev–Trinajstić information content (AvgIpc) is 3.41. The van der Waals surface area contributed by atoms with Crippen molar-refractivity contribution in [1.29, 1.82) is 0 Å². The quantitative estimate of drug-likeness (QED) is 0.297. The number of ether oxygens (including phenoxy) is 1. The second-order valence-corrected chi connectivity index (χ2v) is 8.35. The van der Waals surface area contributed by atoms with Gasteiger partial charge in [0.15, 0.2) is 0 Å². The van der Waals surface area contributed by atoms with E-state index in [2.05, 4.69) is 21.3 Å². The number of benzene rings is 2. The van der Waals surface area contributed by atoms with Crippen LogP contribution in [0.1, 0.15) is 36.8 Å². The van der Waals surface area contributed by atoms with E-state index in [1.54, 1.807) is 0 Å². The summed E-state index contributed by atoms with van der Waals surface area (Å²) >= 11 is 0. The van der Waals surface area contributed by atoms with Gasteiger partial charge in [-0.1, -0.05) is 49.2 Å². The van der Waals surface area contributed by atoms with Crippen LogP contribution in [0.3, 0.4) is 0 Å². The molecule has 2 aromatic heterocycles. The number of aromatic nitrogens is 2. The molecule has 2 aliphatic heterocycles. The maximum absolute atomic E-state index is 12.9. The first-order valence-electron chi connectivity index (χ1n) is 10.9. The fourth-order valence-corrected chi connectivity index (χ4v) is 5.06. The molecule has 31 heavy (non-hydrogen) atoms. The molecule has 2 aromatic carbocycles. The first-order chi connectivity index (χ1) is 15.2. The number of fused-ring (bicyclic) bond motifs is 12. The first-order valence-corrected chi connectivity index (χ1v) is 10.9. The molecule has 0 N–H and O–H groups in total. The Hall–Kier alpha value is -3.60. The van der Waals surface area contributed by atoms with Gasteiger partial charge in [-0.25, -0.2) is 9.59 Å². The number of hydrogen-bond acceptors (Lipinski definition) is 3. The van der Waals surface area contributed by atoms with Crippen molar-refractivity contribution in [1.82, 2.24) is 9.13 Å². The molecule has 2 aliphatic rings. The van der Waals surface area contributed by atoms with E-state index < -0.39 is 11.9 Å². The van der Waals surface area contributed by atoms with Gasteiger partial charge in [0.2, 0.25) is 0 Å². The fraction of sp³-hybridized carbons (Fsp3) is 0.231. The molecule has 0 saturated heterocycles. The van der Waals surface area contributed by atoms with E-state index in [9.17, 15) is 9.59 Å². The number of cyclic esters (lactones) is 2. The minimum absolute atomic E-state index is 0.375. The van der Waals surface area contributed by atoms with Gasteiger partial charge in [0.05, 0.1) is 11.1 Å². The van der Waals surface area contributed by atoms with Gasteiger partial charge in [0.25, 0.3) is 0 Å². The molecule has 0 atom stereocenters. The molecule has 0 radical (unpaired) electrons. The number of carbonyl (C=O) groups is 2. The standard InChI is InChI=1S/C26H22N2O3/c29-25-23-19-15-27(21-11-5-3-9-17(19)21)13-7-1-2-8-14-28-16-20(24(23)26(30)31-25)18-10-4-6-12-22(18)28/h3-6,9-12,15-16H,1-2,7-8,13-14H2. The van der Waals surface area contributed by atoms with Crippen molar-refractivity contribution >= 4 is 44.9 Å². The minimum Gasteiger partial charge on any atom is -0.386 e. The molecule has 5 nitrogen and oxygen atoms in total. The Kier molecular flexibility index (Phi) is 4.10. The Bertz CT molecular complexity index is 1300. The molecule has 0 aliphatic carbocycles. The van der Waals surface area contributed by atoms with Crippen LogP contribution in [0, 0.1) is 0 Å². The molecule has 4 aromatic rings. The summed E-state index contributed by atoms with van der Waals surface area (Å²) in [7, 11) is 0. The normalized spacial score (nSPS) is 17.2. The highest BCUT2D eigenvalue weighted by atomic mass is 16.6. The smallest absolute Gasteiger partial charge is 0.347 e. The third-order valence-corrected chi connectivity index (χ3v) is 6.51. The molecule has 0 unspecified atom stereocenters. The summed E-state index contributed by atoms with van der Waals surface area (Å²) in [6, 6.07) is 16.1. The van der Waals surface area contributed by atoms with Gasteiger partial charge in [-0.15, -0.1) is 0 Å². The number of para-hydroxylation sites is 2. The van der Waals surface area contributed by atoms with E-state index in [1.165, 1.54) is 0 Å². The van der Waals surface area contributed by atoms with E-state index >= 15 is 0 Å². The van der Waals surface area contributed by atoms with Gasteiger partial charge in [0.1, 0.15) is 0 Å². The van der Waals surface area contributed by atoms with Crippen molar-refractivity contribution in [3.05, 3.63) is 72.1 Å². The largest absolute Gasteiger partial charge is 0.386 e. The van der Waals surface area contributed by atoms with Gasteiger partial charge in [0, 0.05) is 58.4 Å². The summed E-state index contributed by atoms with van der Waals surface area (Å²) < 4.78 is 9.59. The number of hydrogen-bond donors (Lipinski definition) is 0. The summed E-state index contributed by atoms with van der Waals surface area (Å²) in [5, 5.41) is 1.94. The highest BCUT2D eigenvalue weighted by Gasteiger charge is 2.37. The monoisotopic (exact) mass is 410 g/mol. The van der Waals surface area contributed by atoms with Crippen molar-refractivity contribution in [2.45, 2.75) is 38.8 Å². The molecule has 4 bridgehead atoms. The van der Waals surface area contributed by atoms with Gasteiger partial charge < -0.3 is 13.9 Å². The molecule has 0 saturated carbocycles. The maximum atomic E-state index is 12.9. The van der Waals surface area contributed by atoms with Crippen LogP contribution in [-0.2, 0) is 27.4 Å². The summed E-state index contributed by atoms with van der Waals surface area (Å²) in [5.74, 6) is -1.13. The molecule has 0 amide bonds. The zero-order chi connectivity index (χ0) is 20.9. The summed E-state index contributed by atoms with van der Waals surface area (Å²) in [6.07, 6.45) is 8.50. The Morgan fingerprint density at radius 3 is 1.55 bits per heavy atom. The lowest BCUT2D eigenvalue weighted by Gasteiger charge is -2.07. The summed E-state index contributed by atoms with van der Waals surface area (Å²) in [6.45, 7) is 1.78. The SMILES string of the molecule is O=C1OC(=O)C2=C1c1cn(c3ccccc13)CCCCCCn1cc2c2ccccc21. The van der Waals surface area contributed by atoms with Gasteiger partial charge >= 0.3 is 11.9 Å². The lowest BCUT2D eigenvalue weighted by atomic mass is 9.95. The van der Waals surface area contributed by atoms with Crippen molar-refractivity contribution in [2.75, 3.05) is 0 Å². The Balaban J connectivity index is 1.71. The molecule has 5 heteroatoms. The van der Waals surface area contributed by atoms with Gasteiger partial charge in [-0.05, 0) is 25.0 Å². The van der Waals surface area contributed by atoms with Crippen LogP contribution in [-0.4, -0.2) is 21.1 Å². The number of rotatable bonds is 0. The second-order valence-electron chi connectivity index (χ2n) is 8.35. The van der Waals surface area contributed by atoms with E-state index in [0.717, 1.165) is 71.7 Å². The van der Waals surface area contributed by atoms with E-state index in [0.29, 0.717) is 11.1 Å². The first kappa shape index (κ1) is 18.2. The number of nitrogens with zero attached hydrogens (tertiary/aromatic N) is 2. The minimum atomic E-state index is -0.563. The summed E-state index contributed by atoms with van der Waals surface area (Å²) in [5.41, 5.74) is 4.45. The number of esters is 2. The molecule has 154 valence electrons. The second kappa shape index (κ2) is 6.98. The Labute approximate surface area is 179 Å². The molecule has 4 heterocycles. The van der Waals surface area contributed by atoms with Crippen molar-refractivity contribution in [3.63, 3.8) is 0 Å². The van der Waals surface area contributed by atoms with Crippen LogP contribution in [0.15, 0.2) is 60.9 Å². The van der Waals surface area contributed by atoms with Crippen LogP contribution < -0.4 is 0 Å². The van der Waals surface area contributed by atoms with Gasteiger partial charge in [-0.2, -0.15) is 0 Å². The highest BCUT2D eigenvalue weighted by molar-refractivity contribution is 6.46. The van der Waals surface area contributed by atoms with Crippen LogP contribution in [0.25, 0.3) is 33.0 Å².